The summed E-state index contributed by atoms with van der Waals surface area (Å²) >= 11 is 7.52. The third-order valence-corrected chi connectivity index (χ3v) is 3.59. The first-order chi connectivity index (χ1) is 4.34. The van der Waals surface area contributed by atoms with Crippen LogP contribution in [-0.2, 0) is 0 Å². The molecular weight excluding hydrogens is 262 g/mol. The number of hydrogen-bond acceptors (Lipinski definition) is 1. The van der Waals surface area contributed by atoms with Crippen LogP contribution in [0.1, 0.15) is 5.56 Å². The third kappa shape index (κ3) is 1.96. The molecule has 1 aromatic heterocycles. The fourth-order valence-corrected chi connectivity index (χ4v) is 1.85. The predicted molar refractivity (Wildman–Crippen MR) is 43.8 cm³/mol. The van der Waals surface area contributed by atoms with Gasteiger partial charge in [0.2, 0.25) is 0 Å². The predicted octanol–water partition coefficient (Wildman–Crippen LogP) is 1.38. The van der Waals surface area contributed by atoms with Crippen LogP contribution >= 0.6 is 11.3 Å². The van der Waals surface area contributed by atoms with Crippen LogP contribution < -0.4 is 0 Å². The van der Waals surface area contributed by atoms with Gasteiger partial charge in [0.1, 0.15) is 0 Å². The van der Waals surface area contributed by atoms with Crippen molar-refractivity contribution in [3.05, 3.63) is 27.4 Å². The molecule has 1 rings (SSSR count). The van der Waals surface area contributed by atoms with Gasteiger partial charge in [-0.15, -0.1) is 0 Å². The van der Waals surface area contributed by atoms with Gasteiger partial charge >= 0.3 is 75.2 Å². The fourth-order valence-electron chi connectivity index (χ4n) is 0.473. The van der Waals surface area contributed by atoms with Crippen LogP contribution in [0, 0.1) is 0 Å². The minimum atomic E-state index is 1.18. The minimum absolute atomic E-state index is 1.18. The van der Waals surface area contributed by atoms with E-state index in [1.54, 1.807) is 11.3 Å². The van der Waals surface area contributed by atoms with E-state index in [9.17, 15) is 0 Å². The van der Waals surface area contributed by atoms with Gasteiger partial charge in [0.15, 0.2) is 0 Å². The first-order valence-corrected chi connectivity index (χ1v) is 5.15. The van der Waals surface area contributed by atoms with Crippen molar-refractivity contribution >= 4 is 47.8 Å². The summed E-state index contributed by atoms with van der Waals surface area (Å²) in [4.78, 5) is 1.95. The standard InChI is InChI=1S/C6H4SSe2/c8-4-6(9)5-1-2-7-3-5/h1-4H/b6-4-. The van der Waals surface area contributed by atoms with Crippen LogP contribution in [0.4, 0.5) is 0 Å². The Labute approximate surface area is 75.0 Å². The molecule has 46 valence electrons. The summed E-state index contributed by atoms with van der Waals surface area (Å²) in [7, 11) is 0. The van der Waals surface area contributed by atoms with E-state index in [1.807, 2.05) is 4.97 Å². The molecule has 0 aliphatic heterocycles. The zero-order valence-electron chi connectivity index (χ0n) is 4.53. The summed E-state index contributed by atoms with van der Waals surface area (Å²) in [5.74, 6) is 0. The number of hydrogen-bond donors (Lipinski definition) is 0. The SMILES string of the molecule is [Se]/C=C(\[Se])c1ccsc1. The Morgan fingerprint density at radius 2 is 2.44 bits per heavy atom. The number of thiophene rings is 1. The van der Waals surface area contributed by atoms with Crippen molar-refractivity contribution in [1.29, 1.82) is 0 Å². The molecular formula is C6H4SSe2. The van der Waals surface area contributed by atoms with Crippen molar-refractivity contribution in [1.82, 2.24) is 0 Å². The third-order valence-electron chi connectivity index (χ3n) is 0.913. The van der Waals surface area contributed by atoms with Gasteiger partial charge in [-0.3, -0.25) is 0 Å². The van der Waals surface area contributed by atoms with Crippen LogP contribution in [0.3, 0.4) is 0 Å². The Bertz CT molecular complexity index is 201. The van der Waals surface area contributed by atoms with Crippen LogP contribution in [0.5, 0.6) is 0 Å². The molecule has 1 heterocycles. The van der Waals surface area contributed by atoms with E-state index in [2.05, 4.69) is 48.9 Å². The average Bonchev–Trinajstić information content (AvgIpc) is 2.37. The van der Waals surface area contributed by atoms with E-state index in [4.69, 9.17) is 0 Å². The molecule has 3 heteroatoms. The molecule has 0 aliphatic rings. The molecule has 2 radical (unpaired) electrons. The Morgan fingerprint density at radius 1 is 1.67 bits per heavy atom. The Balaban J connectivity index is 2.90. The molecule has 9 heavy (non-hydrogen) atoms. The molecule has 0 unspecified atom stereocenters. The molecule has 0 fully saturated rings. The summed E-state index contributed by atoms with van der Waals surface area (Å²) < 4.78 is 1.18. The van der Waals surface area contributed by atoms with Gasteiger partial charge in [-0.25, -0.2) is 0 Å². The van der Waals surface area contributed by atoms with Gasteiger partial charge in [-0.05, 0) is 0 Å². The van der Waals surface area contributed by atoms with Gasteiger partial charge in [0, 0.05) is 0 Å². The maximum atomic E-state index is 2.97. The van der Waals surface area contributed by atoms with E-state index in [0.717, 1.165) is 0 Å². The Kier molecular flexibility index (Phi) is 3.03. The monoisotopic (exact) mass is 268 g/mol. The van der Waals surface area contributed by atoms with Crippen LogP contribution in [0.2, 0.25) is 0 Å². The fraction of sp³-hybridized carbons (Fsp3) is 0. The molecule has 0 atom stereocenters. The van der Waals surface area contributed by atoms with E-state index in [1.165, 1.54) is 10.0 Å². The average molecular weight is 266 g/mol. The van der Waals surface area contributed by atoms with E-state index in [-0.39, 0.29) is 0 Å². The molecule has 0 aliphatic carbocycles. The van der Waals surface area contributed by atoms with Gasteiger partial charge in [0.25, 0.3) is 0 Å². The Morgan fingerprint density at radius 3 is 2.89 bits per heavy atom. The van der Waals surface area contributed by atoms with Crippen LogP contribution in [0.15, 0.2) is 21.8 Å². The zero-order valence-corrected chi connectivity index (χ0v) is 8.78. The van der Waals surface area contributed by atoms with E-state index < -0.39 is 0 Å². The molecule has 0 saturated carbocycles. The van der Waals surface area contributed by atoms with Gasteiger partial charge < -0.3 is 0 Å². The Hall–Kier alpha value is 0.479. The molecule has 0 amide bonds. The maximum absolute atomic E-state index is 2.97. The molecule has 0 N–H and O–H groups in total. The molecule has 0 nitrogen and oxygen atoms in total. The molecule has 1 aromatic rings. The number of rotatable bonds is 1. The summed E-state index contributed by atoms with van der Waals surface area (Å²) in [6.07, 6.45) is 0. The molecule has 0 saturated heterocycles. The van der Waals surface area contributed by atoms with Crippen molar-refractivity contribution in [3.63, 3.8) is 0 Å². The molecule has 0 aromatic carbocycles. The first kappa shape index (κ1) is 7.58. The summed E-state index contributed by atoms with van der Waals surface area (Å²) in [6, 6.07) is 2.09. The van der Waals surface area contributed by atoms with Crippen molar-refractivity contribution < 1.29 is 0 Å². The molecule has 0 bridgehead atoms. The van der Waals surface area contributed by atoms with Gasteiger partial charge in [0.05, 0.1) is 0 Å². The normalized spacial score (nSPS) is 11.8. The molecule has 0 spiro atoms. The quantitative estimate of drug-likeness (QED) is 0.674. The summed E-state index contributed by atoms with van der Waals surface area (Å²) in [5, 5.41) is 4.18. The van der Waals surface area contributed by atoms with Crippen molar-refractivity contribution in [2.24, 2.45) is 0 Å². The summed E-state index contributed by atoms with van der Waals surface area (Å²) in [5.41, 5.74) is 1.26. The van der Waals surface area contributed by atoms with Crippen LogP contribution in [-0.4, -0.2) is 32.0 Å². The second kappa shape index (κ2) is 3.60. The second-order valence-electron chi connectivity index (χ2n) is 1.49. The summed E-state index contributed by atoms with van der Waals surface area (Å²) in [6.45, 7) is 0. The van der Waals surface area contributed by atoms with Crippen molar-refractivity contribution in [3.8, 4) is 0 Å². The topological polar surface area (TPSA) is 0 Å². The van der Waals surface area contributed by atoms with E-state index >= 15 is 0 Å². The zero-order chi connectivity index (χ0) is 6.69. The van der Waals surface area contributed by atoms with Crippen molar-refractivity contribution in [2.75, 3.05) is 0 Å². The van der Waals surface area contributed by atoms with Crippen LogP contribution in [0.25, 0.3) is 4.47 Å². The van der Waals surface area contributed by atoms with Gasteiger partial charge in [-0.2, -0.15) is 0 Å². The van der Waals surface area contributed by atoms with E-state index in [0.29, 0.717) is 0 Å². The van der Waals surface area contributed by atoms with Crippen molar-refractivity contribution in [2.45, 2.75) is 0 Å². The second-order valence-corrected chi connectivity index (χ2v) is 3.69. The van der Waals surface area contributed by atoms with Gasteiger partial charge in [-0.1, -0.05) is 0 Å². The first-order valence-electron chi connectivity index (χ1n) is 2.36.